The van der Waals surface area contributed by atoms with Crippen LogP contribution in [-0.4, -0.2) is 66.2 Å². The number of carbonyl (C=O) groups excluding carboxylic acids is 3. The Morgan fingerprint density at radius 1 is 1.35 bits per heavy atom. The van der Waals surface area contributed by atoms with Gasteiger partial charge in [-0.1, -0.05) is 0 Å². The Bertz CT molecular complexity index is 334. The van der Waals surface area contributed by atoms with E-state index in [1.807, 2.05) is 0 Å². The number of alkyl halides is 1. The summed E-state index contributed by atoms with van der Waals surface area (Å²) in [7, 11) is 1.25. The highest BCUT2D eigenvalue weighted by Crippen LogP contribution is 2.12. The van der Waals surface area contributed by atoms with Crippen LogP contribution in [-0.2, 0) is 19.1 Å². The van der Waals surface area contributed by atoms with Crippen LogP contribution in [0.15, 0.2) is 0 Å². The highest BCUT2D eigenvalue weighted by atomic mass is 35.5. The van der Waals surface area contributed by atoms with Gasteiger partial charge in [0.05, 0.1) is 13.7 Å². The molecule has 96 valence electrons. The Kier molecular flexibility index (Phi) is 4.74. The molecule has 1 rings (SSSR count). The van der Waals surface area contributed by atoms with Gasteiger partial charge in [0.15, 0.2) is 0 Å². The molecule has 1 fully saturated rings. The summed E-state index contributed by atoms with van der Waals surface area (Å²) in [6.07, 6.45) is 0. The summed E-state index contributed by atoms with van der Waals surface area (Å²) in [5, 5.41) is 0. The molecule has 1 atom stereocenters. The number of nitrogens with zero attached hydrogens (tertiary/aromatic N) is 2. The molecule has 0 spiro atoms. The summed E-state index contributed by atoms with van der Waals surface area (Å²) in [5.41, 5.74) is 0. The van der Waals surface area contributed by atoms with Gasteiger partial charge in [-0.05, 0) is 0 Å². The van der Waals surface area contributed by atoms with Crippen molar-refractivity contribution in [2.75, 3.05) is 32.6 Å². The van der Waals surface area contributed by atoms with E-state index in [0.717, 1.165) is 0 Å². The van der Waals surface area contributed by atoms with Gasteiger partial charge in [0.1, 0.15) is 11.9 Å². The van der Waals surface area contributed by atoms with Crippen LogP contribution in [0.3, 0.4) is 0 Å². The number of carbonyl (C=O) groups is 3. The van der Waals surface area contributed by atoms with Crippen molar-refractivity contribution in [3.05, 3.63) is 0 Å². The number of piperazine rings is 1. The number of halogens is 1. The van der Waals surface area contributed by atoms with E-state index in [1.54, 1.807) is 0 Å². The lowest BCUT2D eigenvalue weighted by Crippen LogP contribution is -2.59. The number of ether oxygens (including phenoxy) is 1. The van der Waals surface area contributed by atoms with Gasteiger partial charge in [-0.15, -0.1) is 11.6 Å². The minimum absolute atomic E-state index is 0.131. The van der Waals surface area contributed by atoms with Crippen LogP contribution >= 0.6 is 11.6 Å². The maximum Gasteiger partial charge on any atom is 0.330 e. The van der Waals surface area contributed by atoms with Crippen LogP contribution in [0.25, 0.3) is 0 Å². The normalized spacial score (nSPS) is 20.1. The van der Waals surface area contributed by atoms with Crippen molar-refractivity contribution in [1.82, 2.24) is 9.80 Å². The molecule has 0 aliphatic carbocycles. The quantitative estimate of drug-likeness (QED) is 0.495. The maximum absolute atomic E-state index is 11.6. The topological polar surface area (TPSA) is 66.9 Å². The van der Waals surface area contributed by atoms with Crippen LogP contribution in [0.4, 0.5) is 0 Å². The molecule has 0 aromatic carbocycles. The molecule has 1 unspecified atom stereocenters. The summed E-state index contributed by atoms with van der Waals surface area (Å²) < 4.78 is 4.63. The lowest BCUT2D eigenvalue weighted by Gasteiger charge is -2.39. The Labute approximate surface area is 104 Å². The lowest BCUT2D eigenvalue weighted by atomic mass is 10.1. The number of esters is 1. The molecule has 1 aliphatic rings. The number of hydrogen-bond donors (Lipinski definition) is 0. The fourth-order valence-corrected chi connectivity index (χ4v) is 1.98. The van der Waals surface area contributed by atoms with Crippen LogP contribution in [0.2, 0.25) is 0 Å². The molecule has 0 N–H and O–H groups in total. The average Bonchev–Trinajstić information content (AvgIpc) is 2.35. The molecule has 0 radical (unpaired) electrons. The van der Waals surface area contributed by atoms with E-state index in [0.29, 0.717) is 13.1 Å². The molecule has 1 aliphatic heterocycles. The smallest absolute Gasteiger partial charge is 0.330 e. The first-order valence-corrected chi connectivity index (χ1v) is 5.73. The highest BCUT2D eigenvalue weighted by molar-refractivity contribution is 6.27. The van der Waals surface area contributed by atoms with Gasteiger partial charge in [0.25, 0.3) is 0 Å². The third-order valence-corrected chi connectivity index (χ3v) is 2.95. The second kappa shape index (κ2) is 5.86. The molecule has 0 saturated carbocycles. The van der Waals surface area contributed by atoms with Gasteiger partial charge in [0.2, 0.25) is 11.8 Å². The molecule has 17 heavy (non-hydrogen) atoms. The van der Waals surface area contributed by atoms with Crippen molar-refractivity contribution in [3.8, 4) is 0 Å². The lowest BCUT2D eigenvalue weighted by molar-refractivity contribution is -0.157. The summed E-state index contributed by atoms with van der Waals surface area (Å²) in [6, 6.07) is -0.738. The summed E-state index contributed by atoms with van der Waals surface area (Å²) in [6.45, 7) is 2.23. The van der Waals surface area contributed by atoms with Crippen LogP contribution in [0.1, 0.15) is 6.92 Å². The average molecular weight is 263 g/mol. The summed E-state index contributed by atoms with van der Waals surface area (Å²) in [4.78, 5) is 37.2. The first-order valence-electron chi connectivity index (χ1n) is 5.20. The first kappa shape index (κ1) is 13.8. The van der Waals surface area contributed by atoms with Crippen molar-refractivity contribution in [3.63, 3.8) is 0 Å². The number of rotatable bonds is 2. The summed E-state index contributed by atoms with van der Waals surface area (Å²) >= 11 is 5.46. The molecule has 0 bridgehead atoms. The van der Waals surface area contributed by atoms with Crippen LogP contribution in [0, 0.1) is 0 Å². The predicted molar refractivity (Wildman–Crippen MR) is 60.5 cm³/mol. The van der Waals surface area contributed by atoms with Gasteiger partial charge in [-0.25, -0.2) is 4.79 Å². The zero-order chi connectivity index (χ0) is 13.0. The van der Waals surface area contributed by atoms with E-state index in [1.165, 1.54) is 23.8 Å². The largest absolute Gasteiger partial charge is 0.467 e. The molecular formula is C10H15ClN2O4. The zero-order valence-electron chi connectivity index (χ0n) is 9.81. The van der Waals surface area contributed by atoms with Crippen molar-refractivity contribution >= 4 is 29.4 Å². The standard InChI is InChI=1S/C10H15ClN2O4/c1-7(14)13-4-3-12(9(15)5-11)6-8(13)10(16)17-2/h8H,3-6H2,1-2H3. The SMILES string of the molecule is COC(=O)C1CN(C(=O)CCl)CCN1C(C)=O. The van der Waals surface area contributed by atoms with Crippen molar-refractivity contribution in [2.45, 2.75) is 13.0 Å². The van der Waals surface area contributed by atoms with Gasteiger partial charge in [-0.2, -0.15) is 0 Å². The highest BCUT2D eigenvalue weighted by Gasteiger charge is 2.35. The molecule has 7 heteroatoms. The van der Waals surface area contributed by atoms with Crippen molar-refractivity contribution in [1.29, 1.82) is 0 Å². The Morgan fingerprint density at radius 3 is 2.47 bits per heavy atom. The molecule has 1 heterocycles. The fourth-order valence-electron chi connectivity index (χ4n) is 1.81. The third kappa shape index (κ3) is 3.09. The van der Waals surface area contributed by atoms with E-state index < -0.39 is 12.0 Å². The first-order chi connectivity index (χ1) is 8.01. The fraction of sp³-hybridized carbons (Fsp3) is 0.700. The number of hydrogen-bond acceptors (Lipinski definition) is 4. The monoisotopic (exact) mass is 262 g/mol. The van der Waals surface area contributed by atoms with Crippen molar-refractivity contribution < 1.29 is 19.1 Å². The molecule has 1 saturated heterocycles. The molecule has 2 amide bonds. The Balaban J connectivity index is 2.80. The summed E-state index contributed by atoms with van der Waals surface area (Å²) in [5.74, 6) is -1.11. The van der Waals surface area contributed by atoms with Gasteiger partial charge >= 0.3 is 5.97 Å². The molecule has 0 aromatic heterocycles. The van der Waals surface area contributed by atoms with E-state index in [4.69, 9.17) is 11.6 Å². The van der Waals surface area contributed by atoms with E-state index >= 15 is 0 Å². The van der Waals surface area contributed by atoms with E-state index in [2.05, 4.69) is 4.74 Å². The second-order valence-electron chi connectivity index (χ2n) is 3.72. The van der Waals surface area contributed by atoms with Gasteiger partial charge < -0.3 is 14.5 Å². The Morgan fingerprint density at radius 2 is 2.00 bits per heavy atom. The zero-order valence-corrected chi connectivity index (χ0v) is 10.6. The molecule has 6 nitrogen and oxygen atoms in total. The van der Waals surface area contributed by atoms with Crippen LogP contribution in [0.5, 0.6) is 0 Å². The molecular weight excluding hydrogens is 248 g/mol. The van der Waals surface area contributed by atoms with Crippen molar-refractivity contribution in [2.24, 2.45) is 0 Å². The number of amides is 2. The van der Waals surface area contributed by atoms with Crippen LogP contribution < -0.4 is 0 Å². The number of methoxy groups -OCH3 is 1. The van der Waals surface area contributed by atoms with Gasteiger partial charge in [-0.3, -0.25) is 9.59 Å². The predicted octanol–water partition coefficient (Wildman–Crippen LogP) is -0.543. The molecule has 0 aromatic rings. The maximum atomic E-state index is 11.6. The van der Waals surface area contributed by atoms with Gasteiger partial charge in [0, 0.05) is 20.0 Å². The second-order valence-corrected chi connectivity index (χ2v) is 3.99. The minimum atomic E-state index is -0.738. The van der Waals surface area contributed by atoms with E-state index in [9.17, 15) is 14.4 Å². The minimum Gasteiger partial charge on any atom is -0.467 e. The third-order valence-electron chi connectivity index (χ3n) is 2.73. The van der Waals surface area contributed by atoms with E-state index in [-0.39, 0.29) is 24.2 Å². The Hall–Kier alpha value is -1.30.